The number of benzene rings is 1. The first kappa shape index (κ1) is 33.3. The Morgan fingerprint density at radius 2 is 1.85 bits per heavy atom. The van der Waals surface area contributed by atoms with E-state index >= 15 is 0 Å². The van der Waals surface area contributed by atoms with Crippen LogP contribution in [0.1, 0.15) is 18.4 Å². The van der Waals surface area contributed by atoms with Crippen LogP contribution in [0, 0.1) is 15.9 Å². The number of nitro groups is 1. The Bertz CT molecular complexity index is 1770. The number of piperidine rings is 1. The van der Waals surface area contributed by atoms with Gasteiger partial charge < -0.3 is 29.2 Å². The summed E-state index contributed by atoms with van der Waals surface area (Å²) in [4.78, 5) is 30.6. The predicted octanol–water partition coefficient (Wildman–Crippen LogP) is 4.91. The topological polar surface area (TPSA) is 127 Å². The molecular formula is C31H35F4N9O4. The van der Waals surface area contributed by atoms with Crippen LogP contribution in [0.5, 0.6) is 5.88 Å². The molecule has 4 aromatic rings. The number of nitrogens with one attached hydrogen (secondary N) is 1. The average Bonchev–Trinajstić information content (AvgIpc) is 3.40. The molecule has 1 aromatic carbocycles. The molecule has 2 aliphatic rings. The number of hydrogen-bond donors (Lipinski definition) is 1. The molecule has 6 rings (SSSR count). The number of pyridine rings is 1. The van der Waals surface area contributed by atoms with Crippen LogP contribution >= 0.6 is 0 Å². The van der Waals surface area contributed by atoms with Crippen molar-refractivity contribution in [2.45, 2.75) is 31.6 Å². The molecule has 2 aliphatic heterocycles. The number of hydrogen-bond acceptors (Lipinski definition) is 11. The first-order valence-corrected chi connectivity index (χ1v) is 15.5. The van der Waals surface area contributed by atoms with Gasteiger partial charge in [0.05, 0.1) is 23.7 Å². The van der Waals surface area contributed by atoms with Crippen molar-refractivity contribution in [2.24, 2.45) is 0 Å². The van der Waals surface area contributed by atoms with E-state index in [2.05, 4.69) is 25.2 Å². The SMILES string of the molecule is CN(C)Cc1cn(-c2ccnc(Nc3cc([N+](=O)[O-])c(N4CCC(N5CCOCC5)CC4)nc3OCC(F)(F)F)n2)c2cc(F)ccc12. The highest BCUT2D eigenvalue weighted by Gasteiger charge is 2.33. The number of morpholine rings is 1. The highest BCUT2D eigenvalue weighted by molar-refractivity contribution is 5.85. The molecule has 17 heteroatoms. The summed E-state index contributed by atoms with van der Waals surface area (Å²) in [5, 5.41) is 15.9. The third kappa shape index (κ3) is 7.58. The van der Waals surface area contributed by atoms with Gasteiger partial charge in [0.25, 0.3) is 0 Å². The van der Waals surface area contributed by atoms with E-state index < -0.39 is 35.1 Å². The van der Waals surface area contributed by atoms with Gasteiger partial charge in [-0.15, -0.1) is 0 Å². The molecule has 0 atom stereocenters. The summed E-state index contributed by atoms with van der Waals surface area (Å²) in [5.74, 6) is -0.771. The summed E-state index contributed by atoms with van der Waals surface area (Å²) in [7, 11) is 3.81. The number of halogens is 4. The zero-order chi connectivity index (χ0) is 34.0. The maximum Gasteiger partial charge on any atom is 0.422 e. The van der Waals surface area contributed by atoms with Gasteiger partial charge in [0.15, 0.2) is 6.61 Å². The lowest BCUT2D eigenvalue weighted by Gasteiger charge is -2.40. The van der Waals surface area contributed by atoms with Crippen LogP contribution in [-0.4, -0.2) is 107 Å². The van der Waals surface area contributed by atoms with Gasteiger partial charge in [0.1, 0.15) is 17.3 Å². The van der Waals surface area contributed by atoms with E-state index in [-0.39, 0.29) is 23.5 Å². The quantitative estimate of drug-likeness (QED) is 0.140. The predicted molar refractivity (Wildman–Crippen MR) is 170 cm³/mol. The Morgan fingerprint density at radius 3 is 2.54 bits per heavy atom. The molecule has 5 heterocycles. The van der Waals surface area contributed by atoms with Gasteiger partial charge in [0, 0.05) is 62.6 Å². The van der Waals surface area contributed by atoms with Crippen molar-refractivity contribution in [1.29, 1.82) is 0 Å². The van der Waals surface area contributed by atoms with Crippen LogP contribution in [0.15, 0.2) is 42.7 Å². The number of fused-ring (bicyclic) bond motifs is 1. The molecule has 0 saturated carbocycles. The van der Waals surface area contributed by atoms with Crippen molar-refractivity contribution in [3.8, 4) is 11.7 Å². The van der Waals surface area contributed by atoms with Gasteiger partial charge >= 0.3 is 11.9 Å². The zero-order valence-electron chi connectivity index (χ0n) is 26.4. The fourth-order valence-corrected chi connectivity index (χ4v) is 6.17. The molecule has 1 N–H and O–H groups in total. The lowest BCUT2D eigenvalue weighted by atomic mass is 10.0. The Labute approximate surface area is 273 Å². The minimum Gasteiger partial charge on any atom is -0.466 e. The summed E-state index contributed by atoms with van der Waals surface area (Å²) in [5.41, 5.74) is 0.838. The van der Waals surface area contributed by atoms with Crippen LogP contribution in [0.4, 0.5) is 40.7 Å². The molecule has 13 nitrogen and oxygen atoms in total. The number of anilines is 3. The molecule has 256 valence electrons. The molecule has 3 aromatic heterocycles. The van der Waals surface area contributed by atoms with E-state index in [4.69, 9.17) is 9.47 Å². The van der Waals surface area contributed by atoms with Crippen molar-refractivity contribution in [1.82, 2.24) is 29.3 Å². The summed E-state index contributed by atoms with van der Waals surface area (Å²) in [6, 6.07) is 7.37. The molecule has 48 heavy (non-hydrogen) atoms. The van der Waals surface area contributed by atoms with E-state index in [0.29, 0.717) is 57.0 Å². The van der Waals surface area contributed by atoms with Crippen molar-refractivity contribution >= 4 is 34.0 Å². The van der Waals surface area contributed by atoms with Crippen molar-refractivity contribution < 1.29 is 32.0 Å². The summed E-state index contributed by atoms with van der Waals surface area (Å²) < 4.78 is 66.4. The molecule has 0 bridgehead atoms. The minimum atomic E-state index is -4.69. The molecule has 2 saturated heterocycles. The first-order chi connectivity index (χ1) is 22.9. The van der Waals surface area contributed by atoms with Gasteiger partial charge in [0.2, 0.25) is 17.6 Å². The number of aromatic nitrogens is 4. The highest BCUT2D eigenvalue weighted by atomic mass is 19.4. The van der Waals surface area contributed by atoms with Crippen LogP contribution < -0.4 is 15.0 Å². The second-order valence-corrected chi connectivity index (χ2v) is 12.0. The van der Waals surface area contributed by atoms with Crippen LogP contribution in [0.3, 0.4) is 0 Å². The molecule has 0 radical (unpaired) electrons. The van der Waals surface area contributed by atoms with Crippen LogP contribution in [0.25, 0.3) is 16.7 Å². The maximum atomic E-state index is 14.3. The second-order valence-electron chi connectivity index (χ2n) is 12.0. The average molecular weight is 674 g/mol. The normalized spacial score (nSPS) is 16.5. The Balaban J connectivity index is 1.32. The largest absolute Gasteiger partial charge is 0.466 e. The smallest absolute Gasteiger partial charge is 0.422 e. The van der Waals surface area contributed by atoms with Gasteiger partial charge in [-0.25, -0.2) is 9.37 Å². The third-order valence-electron chi connectivity index (χ3n) is 8.31. The van der Waals surface area contributed by atoms with E-state index in [9.17, 15) is 27.7 Å². The van der Waals surface area contributed by atoms with Crippen molar-refractivity contribution in [3.63, 3.8) is 0 Å². The summed E-state index contributed by atoms with van der Waals surface area (Å²) >= 11 is 0. The number of nitrogens with zero attached hydrogens (tertiary/aromatic N) is 8. The monoisotopic (exact) mass is 673 g/mol. The third-order valence-corrected chi connectivity index (χ3v) is 8.31. The molecule has 0 aliphatic carbocycles. The van der Waals surface area contributed by atoms with Crippen LogP contribution in [-0.2, 0) is 11.3 Å². The second kappa shape index (κ2) is 13.9. The lowest BCUT2D eigenvalue weighted by Crippen LogP contribution is -2.49. The standard InChI is InChI=1S/C31H35F4N9O4/c1-40(2)17-20-18-43(25-15-21(32)3-4-23(20)25)27-5-8-36-30(38-27)37-24-16-26(44(45)46)28(39-29(24)48-19-31(33,34)35)42-9-6-22(7-10-42)41-11-13-47-14-12-41/h3-5,8,15-16,18,22H,6-7,9-14,17,19H2,1-2H3,(H,36,37,38). The Kier molecular flexibility index (Phi) is 9.61. The van der Waals surface area contributed by atoms with Crippen molar-refractivity contribution in [2.75, 3.05) is 70.3 Å². The minimum absolute atomic E-state index is 0.0768. The van der Waals surface area contributed by atoms with E-state index in [1.165, 1.54) is 18.3 Å². The Morgan fingerprint density at radius 1 is 1.10 bits per heavy atom. The highest BCUT2D eigenvalue weighted by Crippen LogP contribution is 2.38. The number of rotatable bonds is 10. The zero-order valence-corrected chi connectivity index (χ0v) is 26.4. The van der Waals surface area contributed by atoms with E-state index in [1.54, 1.807) is 21.6 Å². The van der Waals surface area contributed by atoms with Gasteiger partial charge in [-0.1, -0.05) is 0 Å². The van der Waals surface area contributed by atoms with Gasteiger partial charge in [-0.05, 0) is 56.8 Å². The molecule has 0 spiro atoms. The van der Waals surface area contributed by atoms with Crippen LogP contribution in [0.2, 0.25) is 0 Å². The van der Waals surface area contributed by atoms with Gasteiger partial charge in [-0.3, -0.25) is 15.0 Å². The Hall–Kier alpha value is -4.61. The maximum absolute atomic E-state index is 14.3. The molecule has 2 fully saturated rings. The van der Waals surface area contributed by atoms with E-state index in [0.717, 1.165) is 30.1 Å². The molecular weight excluding hydrogens is 638 g/mol. The molecule has 0 amide bonds. The fourth-order valence-electron chi connectivity index (χ4n) is 6.17. The first-order valence-electron chi connectivity index (χ1n) is 15.5. The summed E-state index contributed by atoms with van der Waals surface area (Å²) in [6.07, 6.45) is -0.0638. The van der Waals surface area contributed by atoms with Crippen molar-refractivity contribution in [3.05, 3.63) is 64.2 Å². The van der Waals surface area contributed by atoms with Gasteiger partial charge in [-0.2, -0.15) is 23.1 Å². The number of alkyl halides is 3. The summed E-state index contributed by atoms with van der Waals surface area (Å²) in [6.45, 7) is 2.65. The molecule has 0 unspecified atom stereocenters. The van der Waals surface area contributed by atoms with E-state index in [1.807, 2.05) is 25.2 Å². The fraction of sp³-hybridized carbons (Fsp3) is 0.452. The lowest BCUT2D eigenvalue weighted by molar-refractivity contribution is -0.384. The number of ether oxygens (including phenoxy) is 2.